The summed E-state index contributed by atoms with van der Waals surface area (Å²) in [5.41, 5.74) is -0.0684. The molecule has 18 heavy (non-hydrogen) atoms. The summed E-state index contributed by atoms with van der Waals surface area (Å²) in [6.45, 7) is 9.06. The molecule has 0 heterocycles. The Bertz CT molecular complexity index is 213. The molecule has 0 saturated heterocycles. The first-order valence-corrected chi connectivity index (χ1v) is 7.45. The van der Waals surface area contributed by atoms with Gasteiger partial charge >= 0.3 is 0 Å². The highest BCUT2D eigenvalue weighted by Crippen LogP contribution is 2.28. The maximum atomic E-state index is 5.86. The third-order valence-corrected chi connectivity index (χ3v) is 4.13. The van der Waals surface area contributed by atoms with Gasteiger partial charge in [-0.15, -0.1) is 0 Å². The van der Waals surface area contributed by atoms with Gasteiger partial charge in [-0.2, -0.15) is 0 Å². The molecule has 0 aromatic heterocycles. The normalized spacial score (nSPS) is 19.3. The summed E-state index contributed by atoms with van der Waals surface area (Å²) in [5.74, 6) is 0.820. The van der Waals surface area contributed by atoms with Crippen molar-refractivity contribution < 1.29 is 9.47 Å². The summed E-state index contributed by atoms with van der Waals surface area (Å²) in [4.78, 5) is 0. The Kier molecular flexibility index (Phi) is 7.20. The maximum absolute atomic E-state index is 5.86. The van der Waals surface area contributed by atoms with Crippen LogP contribution in [-0.2, 0) is 9.47 Å². The molecule has 1 fully saturated rings. The molecule has 0 aromatic rings. The van der Waals surface area contributed by atoms with E-state index in [2.05, 4.69) is 26.1 Å². The molecule has 3 nitrogen and oxygen atoms in total. The molecule has 1 aliphatic carbocycles. The number of ether oxygens (including phenoxy) is 2. The molecule has 1 rings (SSSR count). The van der Waals surface area contributed by atoms with Crippen molar-refractivity contribution in [1.29, 1.82) is 0 Å². The van der Waals surface area contributed by atoms with E-state index in [0.717, 1.165) is 32.1 Å². The quantitative estimate of drug-likeness (QED) is 0.644. The average molecular weight is 257 g/mol. The van der Waals surface area contributed by atoms with Gasteiger partial charge in [-0.1, -0.05) is 19.8 Å². The summed E-state index contributed by atoms with van der Waals surface area (Å²) in [7, 11) is 1.76. The minimum atomic E-state index is -0.0684. The van der Waals surface area contributed by atoms with Crippen molar-refractivity contribution in [3.8, 4) is 0 Å². The fraction of sp³-hybridized carbons (Fsp3) is 1.00. The van der Waals surface area contributed by atoms with Crippen molar-refractivity contribution in [3.05, 3.63) is 0 Å². The smallest absolute Gasteiger partial charge is 0.0644 e. The summed E-state index contributed by atoms with van der Waals surface area (Å²) in [6.07, 6.45) is 6.47. The highest BCUT2D eigenvalue weighted by molar-refractivity contribution is 4.80. The summed E-state index contributed by atoms with van der Waals surface area (Å²) in [6, 6.07) is 0.545. The monoisotopic (exact) mass is 257 g/mol. The fourth-order valence-electron chi connectivity index (χ4n) is 2.61. The van der Waals surface area contributed by atoms with Crippen LogP contribution in [0.2, 0.25) is 0 Å². The van der Waals surface area contributed by atoms with E-state index in [1.54, 1.807) is 7.11 Å². The van der Waals surface area contributed by atoms with E-state index >= 15 is 0 Å². The van der Waals surface area contributed by atoms with Gasteiger partial charge < -0.3 is 14.8 Å². The lowest BCUT2D eigenvalue weighted by atomic mass is 9.99. The van der Waals surface area contributed by atoms with Crippen LogP contribution in [0.5, 0.6) is 0 Å². The molecule has 0 aromatic carbocycles. The van der Waals surface area contributed by atoms with E-state index in [4.69, 9.17) is 9.47 Å². The third-order valence-electron chi connectivity index (χ3n) is 4.13. The van der Waals surface area contributed by atoms with Crippen molar-refractivity contribution in [2.24, 2.45) is 5.92 Å². The van der Waals surface area contributed by atoms with Gasteiger partial charge in [0.25, 0.3) is 0 Å². The van der Waals surface area contributed by atoms with Gasteiger partial charge in [-0.05, 0) is 45.6 Å². The number of hydrogen-bond donors (Lipinski definition) is 1. The van der Waals surface area contributed by atoms with Crippen LogP contribution in [0, 0.1) is 5.92 Å². The zero-order valence-electron chi connectivity index (χ0n) is 12.6. The van der Waals surface area contributed by atoms with Crippen molar-refractivity contribution >= 4 is 0 Å². The molecule has 0 amide bonds. The molecule has 0 aliphatic heterocycles. The van der Waals surface area contributed by atoms with Crippen molar-refractivity contribution in [2.45, 2.75) is 64.5 Å². The molecule has 0 bridgehead atoms. The molecular weight excluding hydrogens is 226 g/mol. The Balaban J connectivity index is 2.21. The lowest BCUT2D eigenvalue weighted by molar-refractivity contribution is -0.0142. The van der Waals surface area contributed by atoms with Gasteiger partial charge in [0.05, 0.1) is 12.2 Å². The molecule has 1 aliphatic rings. The van der Waals surface area contributed by atoms with Crippen LogP contribution >= 0.6 is 0 Å². The van der Waals surface area contributed by atoms with Crippen molar-refractivity contribution in [2.75, 3.05) is 26.9 Å². The Hall–Kier alpha value is -0.120. The van der Waals surface area contributed by atoms with Gasteiger partial charge in [0.2, 0.25) is 0 Å². The molecule has 1 saturated carbocycles. The Morgan fingerprint density at radius 3 is 2.50 bits per heavy atom. The topological polar surface area (TPSA) is 30.5 Å². The second-order valence-electron chi connectivity index (χ2n) is 6.00. The first kappa shape index (κ1) is 15.9. The Morgan fingerprint density at radius 2 is 1.94 bits per heavy atom. The predicted molar refractivity (Wildman–Crippen MR) is 75.9 cm³/mol. The van der Waals surface area contributed by atoms with Gasteiger partial charge in [-0.25, -0.2) is 0 Å². The average Bonchev–Trinajstić information content (AvgIpc) is 2.87. The first-order chi connectivity index (χ1) is 8.59. The lowest BCUT2D eigenvalue weighted by Crippen LogP contribution is -2.39. The molecule has 0 spiro atoms. The van der Waals surface area contributed by atoms with Crippen LogP contribution in [0.3, 0.4) is 0 Å². The largest absolute Gasteiger partial charge is 0.380 e. The van der Waals surface area contributed by atoms with Crippen molar-refractivity contribution in [3.63, 3.8) is 0 Å². The highest BCUT2D eigenvalue weighted by Gasteiger charge is 2.24. The van der Waals surface area contributed by atoms with E-state index in [-0.39, 0.29) is 5.60 Å². The van der Waals surface area contributed by atoms with Crippen LogP contribution in [-0.4, -0.2) is 38.5 Å². The lowest BCUT2D eigenvalue weighted by Gasteiger charge is -2.26. The van der Waals surface area contributed by atoms with Crippen LogP contribution in [0.25, 0.3) is 0 Å². The number of rotatable bonds is 9. The zero-order valence-corrected chi connectivity index (χ0v) is 12.6. The molecule has 108 valence electrons. The van der Waals surface area contributed by atoms with E-state index in [1.165, 1.54) is 25.7 Å². The molecule has 1 atom stereocenters. The van der Waals surface area contributed by atoms with Crippen LogP contribution in [0.1, 0.15) is 52.9 Å². The van der Waals surface area contributed by atoms with Gasteiger partial charge in [0, 0.05) is 19.8 Å². The number of methoxy groups -OCH3 is 1. The van der Waals surface area contributed by atoms with E-state index in [9.17, 15) is 0 Å². The van der Waals surface area contributed by atoms with Crippen LogP contribution in [0.4, 0.5) is 0 Å². The molecule has 3 heteroatoms. The molecule has 1 N–H and O–H groups in total. The van der Waals surface area contributed by atoms with Crippen LogP contribution in [0.15, 0.2) is 0 Å². The molecule has 0 radical (unpaired) electrons. The number of nitrogens with one attached hydrogen (secondary N) is 1. The minimum absolute atomic E-state index is 0.0684. The van der Waals surface area contributed by atoms with Gasteiger partial charge in [0.1, 0.15) is 0 Å². The summed E-state index contributed by atoms with van der Waals surface area (Å²) in [5, 5.41) is 3.58. The summed E-state index contributed by atoms with van der Waals surface area (Å²) >= 11 is 0. The second kappa shape index (κ2) is 8.13. The summed E-state index contributed by atoms with van der Waals surface area (Å²) < 4.78 is 11.3. The SMILES string of the molecule is CCNC(COCCC(C)(C)OC)C1CCCC1. The predicted octanol–water partition coefficient (Wildman–Crippen LogP) is 2.99. The Morgan fingerprint density at radius 1 is 1.28 bits per heavy atom. The fourth-order valence-corrected chi connectivity index (χ4v) is 2.61. The van der Waals surface area contributed by atoms with E-state index in [0.29, 0.717) is 6.04 Å². The molecular formula is C15H31NO2. The van der Waals surface area contributed by atoms with Crippen LogP contribution < -0.4 is 5.32 Å². The van der Waals surface area contributed by atoms with E-state index < -0.39 is 0 Å². The third kappa shape index (κ3) is 5.68. The standard InChI is InChI=1S/C15H31NO2/c1-5-16-14(13-8-6-7-9-13)12-18-11-10-15(2,3)17-4/h13-14,16H,5-12H2,1-4H3. The zero-order chi connectivity index (χ0) is 13.4. The minimum Gasteiger partial charge on any atom is -0.380 e. The number of likely N-dealkylation sites (N-methyl/N-ethyl adjacent to an activating group) is 1. The first-order valence-electron chi connectivity index (χ1n) is 7.45. The number of hydrogen-bond acceptors (Lipinski definition) is 3. The Labute approximate surface area is 113 Å². The van der Waals surface area contributed by atoms with Crippen molar-refractivity contribution in [1.82, 2.24) is 5.32 Å². The second-order valence-corrected chi connectivity index (χ2v) is 6.00. The van der Waals surface area contributed by atoms with Gasteiger partial charge in [-0.3, -0.25) is 0 Å². The molecule has 1 unspecified atom stereocenters. The highest BCUT2D eigenvalue weighted by atomic mass is 16.5. The van der Waals surface area contributed by atoms with Gasteiger partial charge in [0.15, 0.2) is 0 Å². The van der Waals surface area contributed by atoms with E-state index in [1.807, 2.05) is 0 Å². The maximum Gasteiger partial charge on any atom is 0.0644 e.